The molecule has 0 N–H and O–H groups in total. The number of hydrogen-bond donors (Lipinski definition) is 0. The fraction of sp³-hybridized carbons (Fsp3) is 0.667. The Morgan fingerprint density at radius 1 is 1.45 bits per heavy atom. The Balaban J connectivity index is 4.42. The van der Waals surface area contributed by atoms with Gasteiger partial charge in [0.15, 0.2) is 0 Å². The molecule has 0 aliphatic carbocycles. The molecular weight excluding hydrogens is 319 g/mol. The van der Waals surface area contributed by atoms with E-state index < -0.39 is 8.45 Å². The second-order valence-corrected chi connectivity index (χ2v) is 6.53. The molecule has 0 amide bonds. The highest BCUT2D eigenvalue weighted by molar-refractivity contribution is 9.25. The third-order valence-corrected chi connectivity index (χ3v) is 3.88. The monoisotopic (exact) mass is 323 g/mol. The van der Waals surface area contributed by atoms with Gasteiger partial charge < -0.3 is 0 Å². The van der Waals surface area contributed by atoms with E-state index in [9.17, 15) is 5.11 Å². The number of rotatable bonds is 3. The lowest BCUT2D eigenvalue weighted by molar-refractivity contribution is 0.329. The van der Waals surface area contributed by atoms with Crippen LogP contribution in [0.25, 0.3) is 0 Å². The van der Waals surface area contributed by atoms with Crippen LogP contribution in [-0.4, -0.2) is 3.23 Å². The van der Waals surface area contributed by atoms with Gasteiger partial charge in [0, 0.05) is 0 Å². The Kier molecular flexibility index (Phi) is 5.44. The molecule has 0 unspecified atom stereocenters. The highest BCUT2D eigenvalue weighted by atomic mass is 79.9. The Bertz CT molecular complexity index is 164. The van der Waals surface area contributed by atoms with Gasteiger partial charge in [-0.2, -0.15) is 0 Å². The lowest BCUT2D eigenvalue weighted by Crippen LogP contribution is -2.11. The molecule has 5 heteroatoms. The molecule has 11 heavy (non-hydrogen) atoms. The molecule has 0 atom stereocenters. The first kappa shape index (κ1) is 12.1. The maximum absolute atomic E-state index is 10.6. The van der Waals surface area contributed by atoms with Crippen LogP contribution >= 0.6 is 55.1 Å². The zero-order chi connectivity index (χ0) is 9.07. The van der Waals surface area contributed by atoms with E-state index in [0.29, 0.717) is 6.42 Å². The Morgan fingerprint density at radius 2 is 1.91 bits per heavy atom. The van der Waals surface area contributed by atoms with Crippen molar-refractivity contribution in [2.75, 3.05) is 0 Å². The first-order chi connectivity index (χ1) is 4.91. The van der Waals surface area contributed by atoms with Crippen LogP contribution in [0.15, 0.2) is 10.3 Å². The van der Waals surface area contributed by atoms with E-state index in [1.165, 1.54) is 0 Å². The van der Waals surface area contributed by atoms with E-state index in [-0.39, 0.29) is 5.03 Å². The molecule has 0 heterocycles. The standard InChI is InChI=1S/C6H7Br2Cl2O/c1-2-3-6(7,8)4(9)5(10)11/h2-3H2,1H3. The van der Waals surface area contributed by atoms with Crippen LogP contribution in [0.2, 0.25) is 0 Å². The highest BCUT2D eigenvalue weighted by Crippen LogP contribution is 2.42. The van der Waals surface area contributed by atoms with Crippen molar-refractivity contribution in [3.63, 3.8) is 0 Å². The van der Waals surface area contributed by atoms with Gasteiger partial charge >= 0.3 is 0 Å². The summed E-state index contributed by atoms with van der Waals surface area (Å²) in [6, 6.07) is 0. The van der Waals surface area contributed by atoms with Gasteiger partial charge in [-0.25, -0.2) is 0 Å². The van der Waals surface area contributed by atoms with Crippen molar-refractivity contribution in [3.05, 3.63) is 10.3 Å². The summed E-state index contributed by atoms with van der Waals surface area (Å²) in [5, 5.41) is 10.0. The number of halogens is 4. The van der Waals surface area contributed by atoms with Gasteiger partial charge in [-0.15, -0.1) is 0 Å². The molecule has 65 valence electrons. The lowest BCUT2D eigenvalue weighted by Gasteiger charge is -2.17. The Hall–Kier alpha value is 1.08. The zero-order valence-electron chi connectivity index (χ0n) is 5.83. The Morgan fingerprint density at radius 3 is 2.18 bits per heavy atom. The molecule has 0 aliphatic heterocycles. The van der Waals surface area contributed by atoms with Crippen molar-refractivity contribution in [3.8, 4) is 0 Å². The molecule has 0 aliphatic rings. The predicted octanol–water partition coefficient (Wildman–Crippen LogP) is 4.35. The smallest absolute Gasteiger partial charge is 0.262 e. The van der Waals surface area contributed by atoms with E-state index in [0.717, 1.165) is 6.42 Å². The molecule has 0 aromatic rings. The summed E-state index contributed by atoms with van der Waals surface area (Å²) in [4.78, 5) is 0. The van der Waals surface area contributed by atoms with E-state index >= 15 is 0 Å². The molecule has 0 aromatic carbocycles. The molecule has 0 bridgehead atoms. The van der Waals surface area contributed by atoms with Crippen molar-refractivity contribution in [2.45, 2.75) is 23.0 Å². The normalized spacial score (nSPS) is 14.6. The van der Waals surface area contributed by atoms with Crippen LogP contribution in [0.1, 0.15) is 19.8 Å². The minimum absolute atomic E-state index is 0.0704. The predicted molar refractivity (Wildman–Crippen MR) is 54.9 cm³/mol. The fourth-order valence-electron chi connectivity index (χ4n) is 0.568. The number of allylic oxidation sites excluding steroid dienone is 1. The minimum Gasteiger partial charge on any atom is -0.275 e. The van der Waals surface area contributed by atoms with Gasteiger partial charge in [0.25, 0.3) is 5.22 Å². The lowest BCUT2D eigenvalue weighted by atomic mass is 10.2. The van der Waals surface area contributed by atoms with E-state index in [1.807, 2.05) is 6.92 Å². The quantitative estimate of drug-likeness (QED) is 0.543. The van der Waals surface area contributed by atoms with Gasteiger partial charge in [-0.1, -0.05) is 56.8 Å². The maximum atomic E-state index is 10.6. The fourth-order valence-corrected chi connectivity index (χ4v) is 2.20. The molecular formula is C6H7Br2Cl2O. The van der Waals surface area contributed by atoms with Crippen LogP contribution in [0.4, 0.5) is 0 Å². The molecule has 0 saturated heterocycles. The van der Waals surface area contributed by atoms with Gasteiger partial charge in [0.05, 0.1) is 0 Å². The summed E-state index contributed by atoms with van der Waals surface area (Å²) in [7, 11) is 0. The summed E-state index contributed by atoms with van der Waals surface area (Å²) < 4.78 is -0.644. The molecule has 0 spiro atoms. The first-order valence-electron chi connectivity index (χ1n) is 3.02. The molecule has 0 rings (SSSR count). The number of alkyl halides is 2. The summed E-state index contributed by atoms with van der Waals surface area (Å²) in [6.45, 7) is 1.99. The molecule has 1 nitrogen and oxygen atoms in total. The second kappa shape index (κ2) is 4.95. The number of hydrogen-bond acceptors (Lipinski definition) is 0. The van der Waals surface area contributed by atoms with Crippen LogP contribution < -0.4 is 0 Å². The summed E-state index contributed by atoms with van der Waals surface area (Å²) >= 11 is 17.3. The largest absolute Gasteiger partial charge is 0.275 e. The van der Waals surface area contributed by atoms with Crippen LogP contribution in [0, 0.1) is 0 Å². The summed E-state index contributed by atoms with van der Waals surface area (Å²) in [6.07, 6.45) is 1.61. The highest BCUT2D eigenvalue weighted by Gasteiger charge is 2.29. The molecule has 0 fully saturated rings. The van der Waals surface area contributed by atoms with Gasteiger partial charge in [-0.05, 0) is 18.0 Å². The minimum atomic E-state index is -0.644. The molecule has 0 saturated carbocycles. The topological polar surface area (TPSA) is 19.9 Å². The summed E-state index contributed by atoms with van der Waals surface area (Å²) in [5.41, 5.74) is 0. The van der Waals surface area contributed by atoms with Gasteiger partial charge in [-0.3, -0.25) is 5.11 Å². The van der Waals surface area contributed by atoms with Crippen molar-refractivity contribution in [1.29, 1.82) is 0 Å². The third-order valence-electron chi connectivity index (χ3n) is 1.06. The van der Waals surface area contributed by atoms with Crippen molar-refractivity contribution >= 4 is 55.1 Å². The molecule has 0 aromatic heterocycles. The van der Waals surface area contributed by atoms with Crippen LogP contribution in [0.3, 0.4) is 0 Å². The average Bonchev–Trinajstić information content (AvgIpc) is 1.86. The first-order valence-corrected chi connectivity index (χ1v) is 5.36. The van der Waals surface area contributed by atoms with Crippen molar-refractivity contribution < 1.29 is 5.11 Å². The van der Waals surface area contributed by atoms with Gasteiger partial charge in [0.1, 0.15) is 8.27 Å². The van der Waals surface area contributed by atoms with E-state index in [1.54, 1.807) is 0 Å². The van der Waals surface area contributed by atoms with Gasteiger partial charge in [0.2, 0.25) is 0 Å². The van der Waals surface area contributed by atoms with Crippen molar-refractivity contribution in [1.82, 2.24) is 0 Å². The third kappa shape index (κ3) is 4.02. The van der Waals surface area contributed by atoms with E-state index in [4.69, 9.17) is 23.2 Å². The SMILES string of the molecule is CCCC(Br)(Br)C(Cl)=C([O])Cl. The van der Waals surface area contributed by atoms with Crippen LogP contribution in [-0.2, 0) is 5.11 Å². The molecule has 1 radical (unpaired) electrons. The van der Waals surface area contributed by atoms with E-state index in [2.05, 4.69) is 31.9 Å². The summed E-state index contributed by atoms with van der Waals surface area (Å²) in [5.74, 6) is 0. The van der Waals surface area contributed by atoms with Crippen molar-refractivity contribution in [2.24, 2.45) is 0 Å². The maximum Gasteiger partial charge on any atom is 0.262 e. The van der Waals surface area contributed by atoms with Crippen LogP contribution in [0.5, 0.6) is 0 Å². The second-order valence-electron chi connectivity index (χ2n) is 2.04. The Labute approximate surface area is 93.0 Å². The average molecular weight is 326 g/mol. The zero-order valence-corrected chi connectivity index (χ0v) is 10.5.